The number of carbonyl (C=O) groups excluding carboxylic acids is 3. The second-order valence-electron chi connectivity index (χ2n) is 8.36. The lowest BCUT2D eigenvalue weighted by atomic mass is 9.97. The second kappa shape index (κ2) is 12.3. The number of azide groups is 1. The molecule has 1 atom stereocenters. The highest BCUT2D eigenvalue weighted by Crippen LogP contribution is 2.37. The maximum atomic E-state index is 14.2. The van der Waals surface area contributed by atoms with Gasteiger partial charge in [-0.3, -0.25) is 19.3 Å². The fourth-order valence-electron chi connectivity index (χ4n) is 4.03. The first-order chi connectivity index (χ1) is 17.4. The van der Waals surface area contributed by atoms with Crippen molar-refractivity contribution >= 4 is 29.0 Å². The predicted octanol–water partition coefficient (Wildman–Crippen LogP) is 6.44. The van der Waals surface area contributed by atoms with Crippen molar-refractivity contribution in [3.63, 3.8) is 0 Å². The number of aryl methyl sites for hydroxylation is 1. The number of amides is 2. The summed E-state index contributed by atoms with van der Waals surface area (Å²) in [4.78, 5) is 44.8. The van der Waals surface area contributed by atoms with Crippen LogP contribution in [0.2, 0.25) is 0 Å². The average molecular weight is 484 g/mol. The molecule has 0 heterocycles. The first-order valence-corrected chi connectivity index (χ1v) is 11.8. The van der Waals surface area contributed by atoms with Gasteiger partial charge < -0.3 is 5.32 Å². The molecule has 1 unspecified atom stereocenters. The van der Waals surface area contributed by atoms with Gasteiger partial charge in [0.25, 0.3) is 5.91 Å². The van der Waals surface area contributed by atoms with Crippen LogP contribution in [0.1, 0.15) is 64.6 Å². The molecule has 1 N–H and O–H groups in total. The quantitative estimate of drug-likeness (QED) is 0.117. The summed E-state index contributed by atoms with van der Waals surface area (Å²) in [6.07, 6.45) is 1.63. The molecule has 0 radical (unpaired) electrons. The van der Waals surface area contributed by atoms with E-state index in [1.54, 1.807) is 60.7 Å². The predicted molar refractivity (Wildman–Crippen MR) is 140 cm³/mol. The van der Waals surface area contributed by atoms with E-state index in [1.165, 1.54) is 11.8 Å². The van der Waals surface area contributed by atoms with Crippen molar-refractivity contribution in [3.8, 4) is 0 Å². The number of anilines is 1. The second-order valence-corrected chi connectivity index (χ2v) is 8.36. The molecule has 0 fully saturated rings. The molecule has 36 heavy (non-hydrogen) atoms. The summed E-state index contributed by atoms with van der Waals surface area (Å²) < 4.78 is 0. The van der Waals surface area contributed by atoms with E-state index in [2.05, 4.69) is 15.3 Å². The zero-order chi connectivity index (χ0) is 26.1. The van der Waals surface area contributed by atoms with Gasteiger partial charge in [-0.05, 0) is 55.1 Å². The van der Waals surface area contributed by atoms with Crippen molar-refractivity contribution in [1.29, 1.82) is 0 Å². The minimum atomic E-state index is -1.20. The van der Waals surface area contributed by atoms with Crippen molar-refractivity contribution in [2.24, 2.45) is 5.11 Å². The number of unbranched alkanes of at least 4 members (excludes halogenated alkanes) is 1. The van der Waals surface area contributed by atoms with Crippen LogP contribution in [0.4, 0.5) is 11.4 Å². The van der Waals surface area contributed by atoms with E-state index in [-0.39, 0.29) is 11.5 Å². The Morgan fingerprint density at radius 3 is 2.28 bits per heavy atom. The lowest BCUT2D eigenvalue weighted by Gasteiger charge is -2.33. The monoisotopic (exact) mass is 483 g/mol. The molecule has 0 bridgehead atoms. The van der Waals surface area contributed by atoms with E-state index in [1.807, 2.05) is 26.0 Å². The highest BCUT2D eigenvalue weighted by molar-refractivity contribution is 6.14. The minimum absolute atomic E-state index is 0.221. The van der Waals surface area contributed by atoms with E-state index in [0.29, 0.717) is 28.9 Å². The Bertz CT molecular complexity index is 1310. The molecule has 0 aliphatic heterocycles. The Kier molecular flexibility index (Phi) is 8.97. The molecule has 0 saturated heterocycles. The number of benzene rings is 3. The molecular formula is C28H29N5O3. The van der Waals surface area contributed by atoms with E-state index >= 15 is 0 Å². The smallest absolute Gasteiger partial charge is 0.259 e. The Morgan fingerprint density at radius 1 is 0.972 bits per heavy atom. The lowest BCUT2D eigenvalue weighted by molar-refractivity contribution is -0.122. The number of nitrogens with zero attached hydrogens (tertiary/aromatic N) is 4. The Hall–Kier alpha value is -4.42. The van der Waals surface area contributed by atoms with Gasteiger partial charge in [-0.25, -0.2) is 0 Å². The topological polar surface area (TPSA) is 115 Å². The molecule has 184 valence electrons. The van der Waals surface area contributed by atoms with Crippen LogP contribution in [0, 0.1) is 6.92 Å². The van der Waals surface area contributed by atoms with Gasteiger partial charge in [-0.1, -0.05) is 73.1 Å². The van der Waals surface area contributed by atoms with Gasteiger partial charge >= 0.3 is 0 Å². The Labute approximate surface area is 210 Å². The molecule has 0 aliphatic rings. The largest absolute Gasteiger partial charge is 0.354 e. The third-order valence-corrected chi connectivity index (χ3v) is 5.86. The fraction of sp³-hybridized carbons (Fsp3) is 0.250. The van der Waals surface area contributed by atoms with Crippen LogP contribution in [0.15, 0.2) is 77.9 Å². The van der Waals surface area contributed by atoms with Gasteiger partial charge in [0.15, 0.2) is 5.78 Å². The van der Waals surface area contributed by atoms with Crippen LogP contribution >= 0.6 is 0 Å². The lowest BCUT2D eigenvalue weighted by Crippen LogP contribution is -2.45. The van der Waals surface area contributed by atoms with Gasteiger partial charge in [-0.15, -0.1) is 0 Å². The van der Waals surface area contributed by atoms with E-state index in [0.717, 1.165) is 18.4 Å². The number of rotatable bonds is 10. The summed E-state index contributed by atoms with van der Waals surface area (Å²) in [5.41, 5.74) is 11.4. The Morgan fingerprint density at radius 2 is 1.61 bits per heavy atom. The Balaban J connectivity index is 2.33. The molecule has 8 nitrogen and oxygen atoms in total. The van der Waals surface area contributed by atoms with Gasteiger partial charge in [0, 0.05) is 28.3 Å². The zero-order valence-electron chi connectivity index (χ0n) is 20.6. The number of para-hydroxylation sites is 1. The first-order valence-electron chi connectivity index (χ1n) is 11.8. The number of Topliss-reactive ketones (excluding diaryl/α,β-unsaturated/α-hetero) is 1. The molecule has 3 rings (SSSR count). The van der Waals surface area contributed by atoms with Gasteiger partial charge in [0.2, 0.25) is 5.91 Å². The SMILES string of the molecule is CCCCNC(=O)C(c1ccccc1N=[N+]=[N-])N(C(=O)c1ccccc1C)c1ccccc1C(C)=O. The number of carbonyl (C=O) groups is 3. The highest BCUT2D eigenvalue weighted by Gasteiger charge is 2.36. The third-order valence-electron chi connectivity index (χ3n) is 5.86. The van der Waals surface area contributed by atoms with E-state index in [9.17, 15) is 14.4 Å². The van der Waals surface area contributed by atoms with Crippen molar-refractivity contribution in [2.45, 2.75) is 39.7 Å². The summed E-state index contributed by atoms with van der Waals surface area (Å²) in [5.74, 6) is -1.14. The van der Waals surface area contributed by atoms with Crippen LogP contribution in [-0.4, -0.2) is 24.1 Å². The molecule has 8 heteroatoms. The first kappa shape index (κ1) is 26.2. The van der Waals surface area contributed by atoms with Gasteiger partial charge in [-0.2, -0.15) is 0 Å². The molecule has 3 aromatic carbocycles. The molecule has 0 spiro atoms. The number of hydrogen-bond donors (Lipinski definition) is 1. The average Bonchev–Trinajstić information content (AvgIpc) is 2.88. The zero-order valence-corrected chi connectivity index (χ0v) is 20.6. The van der Waals surface area contributed by atoms with E-state index in [4.69, 9.17) is 5.53 Å². The van der Waals surface area contributed by atoms with Crippen molar-refractivity contribution in [3.05, 3.63) is 105 Å². The molecule has 0 aromatic heterocycles. The van der Waals surface area contributed by atoms with Crippen LogP contribution in [0.25, 0.3) is 10.4 Å². The highest BCUT2D eigenvalue weighted by atomic mass is 16.2. The standard InChI is InChI=1S/C28H29N5O3/c1-4-5-18-30-27(35)26(23-15-8-10-16-24(23)31-32-29)33(25-17-11-9-14-22(25)20(3)34)28(36)21-13-7-6-12-19(21)2/h6-17,26H,4-5,18H2,1-3H3,(H,30,35). The summed E-state index contributed by atoms with van der Waals surface area (Å²) in [6, 6.07) is 19.2. The molecular weight excluding hydrogens is 454 g/mol. The van der Waals surface area contributed by atoms with Crippen LogP contribution in [0.3, 0.4) is 0 Å². The maximum absolute atomic E-state index is 14.2. The van der Waals surface area contributed by atoms with Crippen molar-refractivity contribution in [2.75, 3.05) is 11.4 Å². The van der Waals surface area contributed by atoms with Crippen molar-refractivity contribution < 1.29 is 14.4 Å². The summed E-state index contributed by atoms with van der Waals surface area (Å²) in [5, 5.41) is 6.70. The minimum Gasteiger partial charge on any atom is -0.354 e. The van der Waals surface area contributed by atoms with Gasteiger partial charge in [0.05, 0.1) is 5.69 Å². The fourth-order valence-corrected chi connectivity index (χ4v) is 4.03. The normalized spacial score (nSPS) is 11.2. The van der Waals surface area contributed by atoms with Crippen molar-refractivity contribution in [1.82, 2.24) is 5.32 Å². The van der Waals surface area contributed by atoms with Gasteiger partial charge in [0.1, 0.15) is 6.04 Å². The summed E-state index contributed by atoms with van der Waals surface area (Å²) in [6.45, 7) is 5.65. The number of nitrogens with one attached hydrogen (secondary N) is 1. The third kappa shape index (κ3) is 5.79. The van der Waals surface area contributed by atoms with E-state index < -0.39 is 17.9 Å². The molecule has 0 aliphatic carbocycles. The number of hydrogen-bond acceptors (Lipinski definition) is 4. The molecule has 2 amide bonds. The molecule has 3 aromatic rings. The molecule has 0 saturated carbocycles. The van der Waals surface area contributed by atoms with Crippen LogP contribution < -0.4 is 10.2 Å². The summed E-state index contributed by atoms with van der Waals surface area (Å²) in [7, 11) is 0. The summed E-state index contributed by atoms with van der Waals surface area (Å²) >= 11 is 0. The maximum Gasteiger partial charge on any atom is 0.259 e. The van der Waals surface area contributed by atoms with Crippen LogP contribution in [0.5, 0.6) is 0 Å². The number of ketones is 1. The van der Waals surface area contributed by atoms with Crippen LogP contribution in [-0.2, 0) is 4.79 Å².